The van der Waals surface area contributed by atoms with Crippen LogP contribution in [-0.4, -0.2) is 11.5 Å². The molecule has 0 fully saturated rings. The molecule has 19 heavy (non-hydrogen) atoms. The maximum Gasteiger partial charge on any atom is 0.159 e. The van der Waals surface area contributed by atoms with Gasteiger partial charge in [-0.1, -0.05) is 6.92 Å². The summed E-state index contributed by atoms with van der Waals surface area (Å²) in [6, 6.07) is 3.89. The lowest BCUT2D eigenvalue weighted by Gasteiger charge is -2.10. The first-order valence-corrected chi connectivity index (χ1v) is 6.97. The topological polar surface area (TPSA) is 38.9 Å². The molecule has 0 aliphatic carbocycles. The quantitative estimate of drug-likeness (QED) is 0.925. The summed E-state index contributed by atoms with van der Waals surface area (Å²) in [5.74, 6) is -1.42. The van der Waals surface area contributed by atoms with E-state index in [2.05, 4.69) is 11.9 Å². The average Bonchev–Trinajstić information content (AvgIpc) is 2.75. The predicted molar refractivity (Wildman–Crippen MR) is 74.3 cm³/mol. The van der Waals surface area contributed by atoms with Crippen LogP contribution in [0.25, 0.3) is 11.3 Å². The van der Waals surface area contributed by atoms with E-state index in [-0.39, 0.29) is 5.92 Å². The van der Waals surface area contributed by atoms with Crippen LogP contribution in [0.15, 0.2) is 18.2 Å². The molecule has 102 valence electrons. The number of hydrogen-bond donors (Lipinski definition) is 1. The van der Waals surface area contributed by atoms with Crippen molar-refractivity contribution in [1.29, 1.82) is 0 Å². The van der Waals surface area contributed by atoms with Crippen LogP contribution in [0.5, 0.6) is 0 Å². The molecule has 0 aliphatic rings. The van der Waals surface area contributed by atoms with E-state index in [4.69, 9.17) is 5.73 Å². The number of aromatic nitrogens is 1. The van der Waals surface area contributed by atoms with Crippen molar-refractivity contribution in [3.63, 3.8) is 0 Å². The fourth-order valence-electron chi connectivity index (χ4n) is 2.01. The number of rotatable bonds is 4. The monoisotopic (exact) mass is 282 g/mol. The normalized spacial score (nSPS) is 12.7. The molecule has 5 heteroatoms. The van der Waals surface area contributed by atoms with Gasteiger partial charge in [-0.25, -0.2) is 13.8 Å². The third-order valence-electron chi connectivity index (χ3n) is 3.00. The van der Waals surface area contributed by atoms with Crippen molar-refractivity contribution in [3.8, 4) is 11.3 Å². The van der Waals surface area contributed by atoms with Crippen LogP contribution >= 0.6 is 11.3 Å². The van der Waals surface area contributed by atoms with Crippen LogP contribution in [0.1, 0.15) is 29.1 Å². The minimum absolute atomic E-state index is 0.263. The van der Waals surface area contributed by atoms with Crippen molar-refractivity contribution >= 4 is 11.3 Å². The highest BCUT2D eigenvalue weighted by molar-refractivity contribution is 7.12. The van der Waals surface area contributed by atoms with Crippen molar-refractivity contribution in [3.05, 3.63) is 39.7 Å². The van der Waals surface area contributed by atoms with E-state index in [1.54, 1.807) is 17.4 Å². The lowest BCUT2D eigenvalue weighted by atomic mass is 10.0. The second kappa shape index (κ2) is 5.75. The van der Waals surface area contributed by atoms with Crippen molar-refractivity contribution in [1.82, 2.24) is 4.98 Å². The van der Waals surface area contributed by atoms with Crippen LogP contribution in [0.2, 0.25) is 0 Å². The molecule has 2 rings (SSSR count). The van der Waals surface area contributed by atoms with E-state index in [0.717, 1.165) is 28.1 Å². The fourth-order valence-corrected chi connectivity index (χ4v) is 3.04. The third kappa shape index (κ3) is 2.98. The number of benzene rings is 1. The van der Waals surface area contributed by atoms with Crippen LogP contribution in [0.4, 0.5) is 8.78 Å². The minimum Gasteiger partial charge on any atom is -0.330 e. The molecule has 0 aliphatic heterocycles. The number of nitrogens with zero attached hydrogens (tertiary/aromatic N) is 1. The molecule has 0 bridgehead atoms. The van der Waals surface area contributed by atoms with E-state index in [9.17, 15) is 8.78 Å². The molecule has 0 saturated carbocycles. The van der Waals surface area contributed by atoms with Crippen molar-refractivity contribution < 1.29 is 8.78 Å². The molecule has 0 radical (unpaired) electrons. The summed E-state index contributed by atoms with van der Waals surface area (Å²) in [6.45, 7) is 4.57. The maximum absolute atomic E-state index is 13.3. The molecule has 2 nitrogen and oxygen atoms in total. The lowest BCUT2D eigenvalue weighted by Crippen LogP contribution is -2.04. The molecular formula is C14H16F2N2S. The molecule has 2 N–H and O–H groups in total. The van der Waals surface area contributed by atoms with Gasteiger partial charge in [0, 0.05) is 10.4 Å². The minimum atomic E-state index is -0.847. The summed E-state index contributed by atoms with van der Waals surface area (Å²) in [6.07, 6.45) is 0.846. The lowest BCUT2D eigenvalue weighted by molar-refractivity contribution is 0.509. The molecule has 0 amide bonds. The molecule has 1 aromatic carbocycles. The number of aryl methyl sites for hydroxylation is 1. The predicted octanol–water partition coefficient (Wildman–Crippen LogP) is 3.85. The van der Waals surface area contributed by atoms with E-state index in [1.165, 1.54) is 6.07 Å². The van der Waals surface area contributed by atoms with Gasteiger partial charge in [0.15, 0.2) is 11.6 Å². The Morgan fingerprint density at radius 2 is 2.05 bits per heavy atom. The van der Waals surface area contributed by atoms with Gasteiger partial charge in [-0.05, 0) is 44.0 Å². The average molecular weight is 282 g/mol. The SMILES string of the molecule is Cc1nc(-c2ccc(F)c(F)c2)c(C(C)CCN)s1. The molecule has 1 atom stereocenters. The molecule has 0 saturated heterocycles. The van der Waals surface area contributed by atoms with E-state index >= 15 is 0 Å². The van der Waals surface area contributed by atoms with Gasteiger partial charge in [0.05, 0.1) is 10.7 Å². The van der Waals surface area contributed by atoms with Crippen LogP contribution in [-0.2, 0) is 0 Å². The zero-order valence-electron chi connectivity index (χ0n) is 10.9. The third-order valence-corrected chi connectivity index (χ3v) is 4.20. The fraction of sp³-hybridized carbons (Fsp3) is 0.357. The number of halogens is 2. The van der Waals surface area contributed by atoms with Crippen molar-refractivity contribution in [2.24, 2.45) is 5.73 Å². The second-order valence-electron chi connectivity index (χ2n) is 4.55. The summed E-state index contributed by atoms with van der Waals surface area (Å²) in [5.41, 5.74) is 6.93. The molecule has 1 heterocycles. The first kappa shape index (κ1) is 14.1. The van der Waals surface area contributed by atoms with Gasteiger partial charge in [-0.3, -0.25) is 0 Å². The van der Waals surface area contributed by atoms with Gasteiger partial charge in [0.1, 0.15) is 0 Å². The number of hydrogen-bond acceptors (Lipinski definition) is 3. The molecule has 2 aromatic rings. The molecular weight excluding hydrogens is 266 g/mol. The highest BCUT2D eigenvalue weighted by atomic mass is 32.1. The van der Waals surface area contributed by atoms with Crippen LogP contribution < -0.4 is 5.73 Å². The Morgan fingerprint density at radius 1 is 1.32 bits per heavy atom. The molecule has 0 spiro atoms. The van der Waals surface area contributed by atoms with Gasteiger partial charge in [0.2, 0.25) is 0 Å². The summed E-state index contributed by atoms with van der Waals surface area (Å²) in [7, 11) is 0. The highest BCUT2D eigenvalue weighted by Gasteiger charge is 2.17. The van der Waals surface area contributed by atoms with Crippen LogP contribution in [0.3, 0.4) is 0 Å². The Balaban J connectivity index is 2.46. The largest absolute Gasteiger partial charge is 0.330 e. The van der Waals surface area contributed by atoms with E-state index < -0.39 is 11.6 Å². The first-order chi connectivity index (χ1) is 9.02. The van der Waals surface area contributed by atoms with Gasteiger partial charge in [-0.15, -0.1) is 11.3 Å². The Labute approximate surface area is 115 Å². The highest BCUT2D eigenvalue weighted by Crippen LogP contribution is 2.35. The van der Waals surface area contributed by atoms with Crippen molar-refractivity contribution in [2.45, 2.75) is 26.2 Å². The summed E-state index contributed by atoms with van der Waals surface area (Å²) in [5, 5.41) is 0.915. The van der Waals surface area contributed by atoms with Crippen LogP contribution in [0, 0.1) is 18.6 Å². The van der Waals surface area contributed by atoms with Crippen molar-refractivity contribution in [2.75, 3.05) is 6.54 Å². The number of nitrogens with two attached hydrogens (primary N) is 1. The molecule has 1 unspecified atom stereocenters. The maximum atomic E-state index is 13.3. The summed E-state index contributed by atoms with van der Waals surface area (Å²) >= 11 is 1.58. The molecule has 1 aromatic heterocycles. The van der Waals surface area contributed by atoms with Gasteiger partial charge in [-0.2, -0.15) is 0 Å². The smallest absolute Gasteiger partial charge is 0.159 e. The number of thiazole rings is 1. The summed E-state index contributed by atoms with van der Waals surface area (Å²) in [4.78, 5) is 5.52. The van der Waals surface area contributed by atoms with Gasteiger partial charge < -0.3 is 5.73 Å². The summed E-state index contributed by atoms with van der Waals surface area (Å²) < 4.78 is 26.3. The Kier molecular flexibility index (Phi) is 4.27. The standard InChI is InChI=1S/C14H16F2N2S/c1-8(5-6-17)14-13(18-9(2)19-14)10-3-4-11(15)12(16)7-10/h3-4,7-8H,5-6,17H2,1-2H3. The van der Waals surface area contributed by atoms with Gasteiger partial charge in [0.25, 0.3) is 0 Å². The second-order valence-corrected chi connectivity index (χ2v) is 5.79. The zero-order valence-corrected chi connectivity index (χ0v) is 11.7. The Hall–Kier alpha value is -1.33. The Morgan fingerprint density at radius 3 is 2.68 bits per heavy atom. The van der Waals surface area contributed by atoms with E-state index in [0.29, 0.717) is 12.1 Å². The zero-order chi connectivity index (χ0) is 14.0. The Bertz CT molecular complexity index is 581. The van der Waals surface area contributed by atoms with Gasteiger partial charge >= 0.3 is 0 Å². The first-order valence-electron chi connectivity index (χ1n) is 6.15. The van der Waals surface area contributed by atoms with E-state index in [1.807, 2.05) is 6.92 Å².